The van der Waals surface area contributed by atoms with Crippen LogP contribution in [0.5, 0.6) is 5.75 Å². The Morgan fingerprint density at radius 1 is 1.05 bits per heavy atom. The number of aliphatic hydroxyl groups is 3. The molecule has 2 aromatic rings. The van der Waals surface area contributed by atoms with Crippen molar-refractivity contribution in [2.24, 2.45) is 17.6 Å². The van der Waals surface area contributed by atoms with E-state index >= 15 is 0 Å². The number of ketones is 2. The van der Waals surface area contributed by atoms with Gasteiger partial charge in [0.15, 0.2) is 11.4 Å². The number of Topliss-reactive ketones (excluding diaryl/α,β-unsaturated/α-hetero) is 2. The minimum atomic E-state index is -2.66. The molecule has 0 spiro atoms. The van der Waals surface area contributed by atoms with Gasteiger partial charge in [0.1, 0.15) is 22.8 Å². The highest BCUT2D eigenvalue weighted by molar-refractivity contribution is 6.25. The van der Waals surface area contributed by atoms with Crippen LogP contribution in [-0.2, 0) is 9.59 Å². The molecule has 0 saturated carbocycles. The Bertz CT molecular complexity index is 1430. The number of phenolic OH excluding ortho intramolecular Hbond substituents is 1. The molecule has 5 rings (SSSR count). The summed E-state index contributed by atoms with van der Waals surface area (Å²) in [6.07, 6.45) is 0.0385. The summed E-state index contributed by atoms with van der Waals surface area (Å²) in [5.41, 5.74) is 3.90. The van der Waals surface area contributed by atoms with Crippen molar-refractivity contribution in [3.05, 3.63) is 76.3 Å². The number of likely N-dealkylation sites (N-methyl/N-ethyl adjacent to an activating group) is 1. The van der Waals surface area contributed by atoms with Crippen LogP contribution in [0.4, 0.5) is 0 Å². The number of fused-ring (bicyclic) bond motifs is 3. The highest BCUT2D eigenvalue weighted by atomic mass is 16.3. The van der Waals surface area contributed by atoms with Gasteiger partial charge in [0.05, 0.1) is 11.6 Å². The quantitative estimate of drug-likeness (QED) is 0.398. The number of hydrogen-bond donors (Lipinski definition) is 5. The summed E-state index contributed by atoms with van der Waals surface area (Å²) >= 11 is 0. The van der Waals surface area contributed by atoms with E-state index in [1.807, 2.05) is 37.3 Å². The fraction of sp³-hybridized carbons (Fsp3) is 0.321. The van der Waals surface area contributed by atoms with Gasteiger partial charge in [0, 0.05) is 11.5 Å². The number of phenols is 1. The van der Waals surface area contributed by atoms with Gasteiger partial charge in [0.2, 0.25) is 5.78 Å². The zero-order chi connectivity index (χ0) is 27.0. The van der Waals surface area contributed by atoms with Crippen LogP contribution in [-0.4, -0.2) is 68.5 Å². The van der Waals surface area contributed by atoms with E-state index in [1.54, 1.807) is 20.2 Å². The minimum Gasteiger partial charge on any atom is -0.510 e. The van der Waals surface area contributed by atoms with Gasteiger partial charge in [-0.05, 0) is 55.1 Å². The monoisotopic (exact) mass is 504 g/mol. The molecule has 0 aliphatic heterocycles. The number of primary amides is 1. The second-order valence-corrected chi connectivity index (χ2v) is 10.2. The number of carbonyl (C=O) groups excluding carboxylic acids is 3. The molecular formula is C28H28N2O7. The Kier molecular flexibility index (Phi) is 5.54. The zero-order valence-corrected chi connectivity index (χ0v) is 20.6. The molecule has 6 N–H and O–H groups in total. The van der Waals surface area contributed by atoms with E-state index in [0.717, 1.165) is 11.1 Å². The lowest BCUT2D eigenvalue weighted by molar-refractivity contribution is -0.148. The molecule has 0 heterocycles. The summed E-state index contributed by atoms with van der Waals surface area (Å²) in [6.45, 7) is 1.86. The molecule has 0 bridgehead atoms. The van der Waals surface area contributed by atoms with Crippen LogP contribution in [0.1, 0.15) is 35.2 Å². The molecule has 0 aromatic heterocycles. The van der Waals surface area contributed by atoms with Gasteiger partial charge in [-0.25, -0.2) is 0 Å². The van der Waals surface area contributed by atoms with Crippen molar-refractivity contribution in [3.63, 3.8) is 0 Å². The number of nitrogens with zero attached hydrogens (tertiary/aromatic N) is 1. The Hall–Kier alpha value is -3.95. The van der Waals surface area contributed by atoms with Crippen molar-refractivity contribution < 1.29 is 34.8 Å². The van der Waals surface area contributed by atoms with Gasteiger partial charge < -0.3 is 26.2 Å². The standard InChI is InChI=1S/C28H28N2O7/c1-12-15-11-16-22(30(2)3)24(33)21(27(29)36)26(35)28(16,37)25(34)19(15)23(32)20-17(31)10-9-14(18(12)20)13-7-5-4-6-8-13/h4-10,12,15-16,22,31,33-34,37H,11H2,1-3H3,(H2,29,36). The maximum atomic E-state index is 13.9. The van der Waals surface area contributed by atoms with Gasteiger partial charge in [-0.15, -0.1) is 0 Å². The maximum Gasteiger partial charge on any atom is 0.255 e. The Balaban J connectivity index is 1.78. The summed E-state index contributed by atoms with van der Waals surface area (Å²) in [6, 6.07) is 11.5. The van der Waals surface area contributed by atoms with Crippen LogP contribution in [0.3, 0.4) is 0 Å². The summed E-state index contributed by atoms with van der Waals surface area (Å²) < 4.78 is 0. The number of rotatable bonds is 3. The van der Waals surface area contributed by atoms with Crippen molar-refractivity contribution in [2.75, 3.05) is 14.1 Å². The molecular weight excluding hydrogens is 476 g/mol. The second kappa shape index (κ2) is 8.29. The lowest BCUT2D eigenvalue weighted by atomic mass is 9.56. The van der Waals surface area contributed by atoms with Gasteiger partial charge in [-0.3, -0.25) is 19.3 Å². The molecule has 0 saturated heterocycles. The third-order valence-corrected chi connectivity index (χ3v) is 8.16. The van der Waals surface area contributed by atoms with Crippen molar-refractivity contribution in [3.8, 4) is 16.9 Å². The van der Waals surface area contributed by atoms with Crippen molar-refractivity contribution in [1.82, 2.24) is 4.90 Å². The number of carbonyl (C=O) groups is 3. The molecule has 9 nitrogen and oxygen atoms in total. The lowest BCUT2D eigenvalue weighted by Crippen LogP contribution is -2.64. The highest BCUT2D eigenvalue weighted by Gasteiger charge is 2.64. The molecule has 9 heteroatoms. The largest absolute Gasteiger partial charge is 0.510 e. The smallest absolute Gasteiger partial charge is 0.255 e. The SMILES string of the molecule is CC1c2c(-c3ccccc3)ccc(O)c2C(=O)C2=C(O)C3(O)C(=O)C(C(N)=O)=C(O)C(N(C)C)C3CC21. The first-order valence-electron chi connectivity index (χ1n) is 12.0. The normalized spacial score (nSPS) is 29.2. The number of nitrogens with two attached hydrogens (primary N) is 1. The van der Waals surface area contributed by atoms with E-state index < -0.39 is 64.0 Å². The Morgan fingerprint density at radius 2 is 1.70 bits per heavy atom. The number of aromatic hydroxyl groups is 1. The van der Waals surface area contributed by atoms with Crippen molar-refractivity contribution in [1.29, 1.82) is 0 Å². The number of amides is 1. The Labute approximate surface area is 213 Å². The number of allylic oxidation sites excluding steroid dienone is 1. The predicted octanol–water partition coefficient (Wildman–Crippen LogP) is 2.35. The van der Waals surface area contributed by atoms with E-state index in [0.29, 0.717) is 5.56 Å². The van der Waals surface area contributed by atoms with E-state index in [-0.39, 0.29) is 23.3 Å². The number of hydrogen-bond acceptors (Lipinski definition) is 8. The summed E-state index contributed by atoms with van der Waals surface area (Å²) in [7, 11) is 3.20. The molecule has 0 fully saturated rings. The average Bonchev–Trinajstić information content (AvgIpc) is 2.84. The molecule has 2 aromatic carbocycles. The van der Waals surface area contributed by atoms with Crippen LogP contribution < -0.4 is 5.73 Å². The lowest BCUT2D eigenvalue weighted by Gasteiger charge is -2.51. The van der Waals surface area contributed by atoms with Crippen LogP contribution in [0.15, 0.2) is 65.1 Å². The first kappa shape index (κ1) is 24.7. The molecule has 0 radical (unpaired) electrons. The van der Waals surface area contributed by atoms with E-state index in [2.05, 4.69) is 0 Å². The van der Waals surface area contributed by atoms with Gasteiger partial charge >= 0.3 is 0 Å². The van der Waals surface area contributed by atoms with Crippen LogP contribution in [0.25, 0.3) is 11.1 Å². The molecule has 37 heavy (non-hydrogen) atoms. The molecule has 192 valence electrons. The summed E-state index contributed by atoms with van der Waals surface area (Å²) in [5, 5.41) is 44.8. The third-order valence-electron chi connectivity index (χ3n) is 8.16. The van der Waals surface area contributed by atoms with Gasteiger partial charge in [0.25, 0.3) is 5.91 Å². The minimum absolute atomic E-state index is 0.00497. The topological polar surface area (TPSA) is 161 Å². The van der Waals surface area contributed by atoms with Crippen LogP contribution >= 0.6 is 0 Å². The Morgan fingerprint density at radius 3 is 2.30 bits per heavy atom. The average molecular weight is 505 g/mol. The zero-order valence-electron chi connectivity index (χ0n) is 20.6. The van der Waals surface area contributed by atoms with E-state index in [9.17, 15) is 34.8 Å². The van der Waals surface area contributed by atoms with E-state index in [4.69, 9.17) is 5.73 Å². The van der Waals surface area contributed by atoms with Crippen molar-refractivity contribution >= 4 is 17.5 Å². The highest BCUT2D eigenvalue weighted by Crippen LogP contribution is 2.56. The fourth-order valence-corrected chi connectivity index (χ4v) is 6.49. The molecule has 5 unspecified atom stereocenters. The summed E-state index contributed by atoms with van der Waals surface area (Å²) in [4.78, 5) is 40.9. The first-order chi connectivity index (χ1) is 17.4. The van der Waals surface area contributed by atoms with Gasteiger partial charge in [-0.1, -0.05) is 43.3 Å². The maximum absolute atomic E-state index is 13.9. The summed E-state index contributed by atoms with van der Waals surface area (Å²) in [5.74, 6) is -7.08. The van der Waals surface area contributed by atoms with Crippen LogP contribution in [0.2, 0.25) is 0 Å². The molecule has 3 aliphatic rings. The van der Waals surface area contributed by atoms with Crippen LogP contribution in [0, 0.1) is 11.8 Å². The van der Waals surface area contributed by atoms with Crippen molar-refractivity contribution in [2.45, 2.75) is 30.9 Å². The molecule has 1 amide bonds. The predicted molar refractivity (Wildman–Crippen MR) is 134 cm³/mol. The number of aliphatic hydroxyl groups excluding tert-OH is 2. The van der Waals surface area contributed by atoms with E-state index in [1.165, 1.54) is 11.0 Å². The molecule has 3 aliphatic carbocycles. The fourth-order valence-electron chi connectivity index (χ4n) is 6.49. The molecule has 5 atom stereocenters. The second-order valence-electron chi connectivity index (χ2n) is 10.2. The third kappa shape index (κ3) is 3.20. The first-order valence-corrected chi connectivity index (χ1v) is 12.0. The van der Waals surface area contributed by atoms with Gasteiger partial charge in [-0.2, -0.15) is 0 Å². The number of benzene rings is 2.